The minimum Gasteiger partial charge on any atom is -0.353 e. The summed E-state index contributed by atoms with van der Waals surface area (Å²) in [5, 5.41) is 0. The van der Waals surface area contributed by atoms with E-state index >= 15 is 0 Å². The minimum atomic E-state index is -3.97. The zero-order chi connectivity index (χ0) is 31.5. The molecule has 1 aliphatic heterocycles. The van der Waals surface area contributed by atoms with Gasteiger partial charge in [-0.2, -0.15) is 0 Å². The van der Waals surface area contributed by atoms with Crippen LogP contribution in [0, 0.1) is 13.8 Å². The summed E-state index contributed by atoms with van der Waals surface area (Å²) in [5.41, 5.74) is 5.59. The van der Waals surface area contributed by atoms with Crippen LogP contribution in [-0.2, 0) is 37.4 Å². The van der Waals surface area contributed by atoms with Gasteiger partial charge in [-0.25, -0.2) is 8.42 Å². The van der Waals surface area contributed by atoms with Gasteiger partial charge in [-0.3, -0.25) is 9.10 Å². The normalized spacial score (nSPS) is 16.6. The highest BCUT2D eigenvalue weighted by molar-refractivity contribution is 7.92. The Labute approximate surface area is 261 Å². The van der Waals surface area contributed by atoms with Gasteiger partial charge in [0.1, 0.15) is 0 Å². The van der Waals surface area contributed by atoms with Crippen molar-refractivity contribution in [1.29, 1.82) is 0 Å². The number of rotatable bonds is 9. The van der Waals surface area contributed by atoms with Gasteiger partial charge in [-0.05, 0) is 60.4 Å². The van der Waals surface area contributed by atoms with E-state index in [1.54, 1.807) is 26.4 Å². The van der Waals surface area contributed by atoms with E-state index in [2.05, 4.69) is 0 Å². The smallest absolute Gasteiger partial charge is 0.264 e. The van der Waals surface area contributed by atoms with Crippen molar-refractivity contribution in [2.24, 2.45) is 0 Å². The first-order valence-corrected chi connectivity index (χ1v) is 16.3. The van der Waals surface area contributed by atoms with Crippen LogP contribution < -0.4 is 9.21 Å². The highest BCUT2D eigenvalue weighted by Crippen LogP contribution is 2.45. The second kappa shape index (κ2) is 12.9. The molecule has 0 saturated heterocycles. The SMILES string of the molecule is COC1(OC)CCC(=O)N(Cc2ccccc2)c2cc(C)c(N(Cc3ccccc3)S(=O)(=O)c3ccc(C)cc3)cc2C1C. The Balaban J connectivity index is 1.73. The average Bonchev–Trinajstić information content (AvgIpc) is 3.04. The predicted octanol–water partition coefficient (Wildman–Crippen LogP) is 7.12. The number of nitrogens with zero attached hydrogens (tertiary/aromatic N) is 2. The van der Waals surface area contributed by atoms with Crippen molar-refractivity contribution in [1.82, 2.24) is 0 Å². The highest BCUT2D eigenvalue weighted by atomic mass is 32.2. The van der Waals surface area contributed by atoms with E-state index in [-0.39, 0.29) is 29.7 Å². The van der Waals surface area contributed by atoms with Crippen molar-refractivity contribution in [2.45, 2.75) is 63.3 Å². The second-order valence-electron chi connectivity index (χ2n) is 11.4. The van der Waals surface area contributed by atoms with Crippen molar-refractivity contribution in [3.63, 3.8) is 0 Å². The summed E-state index contributed by atoms with van der Waals surface area (Å²) in [6.45, 7) is 6.36. The van der Waals surface area contributed by atoms with Gasteiger partial charge in [0.15, 0.2) is 5.79 Å². The lowest BCUT2D eigenvalue weighted by atomic mass is 9.84. The van der Waals surface area contributed by atoms with Crippen LogP contribution in [-0.4, -0.2) is 34.3 Å². The van der Waals surface area contributed by atoms with E-state index in [9.17, 15) is 13.2 Å². The molecule has 1 heterocycles. The van der Waals surface area contributed by atoms with Gasteiger partial charge in [-0.1, -0.05) is 85.3 Å². The molecule has 1 amide bonds. The van der Waals surface area contributed by atoms with Crippen molar-refractivity contribution in [3.05, 3.63) is 125 Å². The summed E-state index contributed by atoms with van der Waals surface area (Å²) < 4.78 is 42.2. The van der Waals surface area contributed by atoms with Crippen molar-refractivity contribution in [2.75, 3.05) is 23.4 Å². The summed E-state index contributed by atoms with van der Waals surface area (Å²) in [4.78, 5) is 15.8. The number of anilines is 2. The third kappa shape index (κ3) is 6.15. The number of hydrogen-bond donors (Lipinski definition) is 0. The number of aryl methyl sites for hydroxylation is 2. The third-order valence-electron chi connectivity index (χ3n) is 8.67. The van der Waals surface area contributed by atoms with Gasteiger partial charge in [0.05, 0.1) is 23.7 Å². The van der Waals surface area contributed by atoms with E-state index < -0.39 is 15.8 Å². The maximum absolute atomic E-state index is 14.4. The molecule has 1 aliphatic rings. The Kier molecular flexibility index (Phi) is 9.25. The number of sulfonamides is 1. The summed E-state index contributed by atoms with van der Waals surface area (Å²) >= 11 is 0. The molecule has 230 valence electrons. The van der Waals surface area contributed by atoms with Crippen LogP contribution in [0.1, 0.15) is 53.5 Å². The molecule has 4 aromatic rings. The molecule has 0 fully saturated rings. The second-order valence-corrected chi connectivity index (χ2v) is 13.3. The molecule has 0 saturated carbocycles. The lowest BCUT2D eigenvalue weighted by molar-refractivity contribution is -0.224. The van der Waals surface area contributed by atoms with Crippen molar-refractivity contribution in [3.8, 4) is 0 Å². The minimum absolute atomic E-state index is 0.0546. The third-order valence-corrected chi connectivity index (χ3v) is 10.4. The number of amides is 1. The monoisotopic (exact) mass is 612 g/mol. The fraction of sp³-hybridized carbons (Fsp3) is 0.306. The Morgan fingerprint density at radius 3 is 2.05 bits per heavy atom. The van der Waals surface area contributed by atoms with E-state index in [0.29, 0.717) is 18.7 Å². The maximum atomic E-state index is 14.4. The fourth-order valence-corrected chi connectivity index (χ4v) is 7.53. The molecule has 5 rings (SSSR count). The van der Waals surface area contributed by atoms with Gasteiger partial charge in [0.25, 0.3) is 10.0 Å². The Morgan fingerprint density at radius 1 is 0.864 bits per heavy atom. The molecule has 0 bridgehead atoms. The van der Waals surface area contributed by atoms with E-state index in [1.807, 2.05) is 111 Å². The predicted molar refractivity (Wildman–Crippen MR) is 174 cm³/mol. The van der Waals surface area contributed by atoms with Gasteiger partial charge >= 0.3 is 0 Å². The summed E-state index contributed by atoms with van der Waals surface area (Å²) in [5.74, 6) is -1.46. The molecule has 0 N–H and O–H groups in total. The fourth-order valence-electron chi connectivity index (χ4n) is 6.02. The molecule has 4 aromatic carbocycles. The largest absolute Gasteiger partial charge is 0.353 e. The summed E-state index contributed by atoms with van der Waals surface area (Å²) in [7, 11) is -0.795. The number of carbonyl (C=O) groups is 1. The van der Waals surface area contributed by atoms with Crippen molar-refractivity contribution >= 4 is 27.3 Å². The molecular weight excluding hydrogens is 572 g/mol. The van der Waals surface area contributed by atoms with Gasteiger partial charge in [0, 0.05) is 38.7 Å². The van der Waals surface area contributed by atoms with Crippen LogP contribution in [0.2, 0.25) is 0 Å². The first-order valence-electron chi connectivity index (χ1n) is 14.8. The Morgan fingerprint density at radius 2 is 1.45 bits per heavy atom. The first kappa shape index (κ1) is 31.4. The van der Waals surface area contributed by atoms with Crippen molar-refractivity contribution < 1.29 is 22.7 Å². The molecular formula is C36H40N2O5S. The summed E-state index contributed by atoms with van der Waals surface area (Å²) in [6.07, 6.45) is 0.588. The molecule has 0 aliphatic carbocycles. The number of carbonyl (C=O) groups excluding carboxylic acids is 1. The van der Waals surface area contributed by atoms with Crippen LogP contribution in [0.5, 0.6) is 0 Å². The van der Waals surface area contributed by atoms with Crippen LogP contribution in [0.4, 0.5) is 11.4 Å². The number of ether oxygens (including phenoxy) is 2. The molecule has 0 spiro atoms. The lowest BCUT2D eigenvalue weighted by Crippen LogP contribution is -2.44. The average molecular weight is 613 g/mol. The lowest BCUT2D eigenvalue weighted by Gasteiger charge is -2.41. The number of methoxy groups -OCH3 is 2. The van der Waals surface area contributed by atoms with Crippen LogP contribution in [0.3, 0.4) is 0 Å². The van der Waals surface area contributed by atoms with Gasteiger partial charge < -0.3 is 14.4 Å². The quantitative estimate of drug-likeness (QED) is 0.188. The highest BCUT2D eigenvalue weighted by Gasteiger charge is 2.43. The van der Waals surface area contributed by atoms with Gasteiger partial charge in [-0.15, -0.1) is 0 Å². The van der Waals surface area contributed by atoms with E-state index in [1.165, 1.54) is 4.31 Å². The zero-order valence-corrected chi connectivity index (χ0v) is 26.8. The maximum Gasteiger partial charge on any atom is 0.264 e. The number of fused-ring (bicyclic) bond motifs is 1. The summed E-state index contributed by atoms with van der Waals surface area (Å²) in [6, 6.07) is 30.2. The molecule has 1 atom stereocenters. The molecule has 0 aromatic heterocycles. The van der Waals surface area contributed by atoms with E-state index in [4.69, 9.17) is 9.47 Å². The Hall–Kier alpha value is -3.98. The molecule has 0 radical (unpaired) electrons. The topological polar surface area (TPSA) is 76.2 Å². The zero-order valence-electron chi connectivity index (χ0n) is 26.0. The first-order chi connectivity index (χ1) is 21.1. The van der Waals surface area contributed by atoms with Gasteiger partial charge in [0.2, 0.25) is 5.91 Å². The number of hydrogen-bond acceptors (Lipinski definition) is 5. The van der Waals surface area contributed by atoms with Crippen LogP contribution >= 0.6 is 0 Å². The molecule has 8 heteroatoms. The molecule has 1 unspecified atom stereocenters. The van der Waals surface area contributed by atoms with E-state index in [0.717, 1.165) is 33.5 Å². The molecule has 44 heavy (non-hydrogen) atoms. The Bertz CT molecular complexity index is 1700. The van der Waals surface area contributed by atoms with Crippen LogP contribution in [0.25, 0.3) is 0 Å². The molecule has 7 nitrogen and oxygen atoms in total. The standard InChI is InChI=1S/C36H40N2O5S/c1-26-16-18-31(19-17-26)44(40,41)38(25-30-14-10-7-11-15-30)33-23-32-28(3)36(42-4,43-5)21-20-35(39)37(34(32)22-27(33)2)24-29-12-8-6-9-13-29/h6-19,22-23,28H,20-21,24-25H2,1-5H3. The van der Waals surface area contributed by atoms with Crippen LogP contribution in [0.15, 0.2) is 102 Å². The number of benzene rings is 4.